The molecule has 98 valence electrons. The van der Waals surface area contributed by atoms with Crippen LogP contribution in [0, 0.1) is 6.92 Å². The molecule has 0 bridgehead atoms. The van der Waals surface area contributed by atoms with Crippen LogP contribution >= 0.6 is 0 Å². The number of aryl methyl sites for hydroxylation is 1. The minimum absolute atomic E-state index is 0.289. The monoisotopic (exact) mass is 253 g/mol. The molecule has 19 heavy (non-hydrogen) atoms. The van der Waals surface area contributed by atoms with Crippen molar-refractivity contribution in [3.63, 3.8) is 0 Å². The van der Waals surface area contributed by atoms with Crippen molar-refractivity contribution in [2.75, 3.05) is 0 Å². The largest absolute Gasteiger partial charge is 0.490 e. The number of fused-ring (bicyclic) bond motifs is 1. The molecule has 0 saturated carbocycles. The molecule has 2 aromatic carbocycles. The predicted octanol–water partition coefficient (Wildman–Crippen LogP) is 3.44. The van der Waals surface area contributed by atoms with Gasteiger partial charge in [0.25, 0.3) is 0 Å². The van der Waals surface area contributed by atoms with Gasteiger partial charge in [0, 0.05) is 13.0 Å². The summed E-state index contributed by atoms with van der Waals surface area (Å²) in [5.41, 5.74) is 12.1. The lowest BCUT2D eigenvalue weighted by Crippen LogP contribution is -2.05. The first kappa shape index (κ1) is 12.2. The molecule has 2 aromatic rings. The van der Waals surface area contributed by atoms with Crippen molar-refractivity contribution in [1.29, 1.82) is 0 Å². The average molecular weight is 253 g/mol. The summed E-state index contributed by atoms with van der Waals surface area (Å²) in [6.07, 6.45) is 1.28. The van der Waals surface area contributed by atoms with Crippen LogP contribution in [0.4, 0.5) is 0 Å². The normalized spacial score (nSPS) is 17.1. The molecule has 1 aliphatic rings. The van der Waals surface area contributed by atoms with Crippen LogP contribution in [0.1, 0.15) is 23.6 Å². The third kappa shape index (κ3) is 2.24. The van der Waals surface area contributed by atoms with E-state index in [1.807, 2.05) is 0 Å². The van der Waals surface area contributed by atoms with Crippen LogP contribution in [0.25, 0.3) is 11.1 Å². The highest BCUT2D eigenvalue weighted by Gasteiger charge is 2.19. The summed E-state index contributed by atoms with van der Waals surface area (Å²) in [4.78, 5) is 0. The lowest BCUT2D eigenvalue weighted by Gasteiger charge is -2.10. The molecule has 0 spiro atoms. The number of hydrogen-bond acceptors (Lipinski definition) is 2. The quantitative estimate of drug-likeness (QED) is 0.889. The number of benzene rings is 2. The van der Waals surface area contributed by atoms with Crippen LogP contribution in [0.3, 0.4) is 0 Å². The number of nitrogens with two attached hydrogens (primary N) is 1. The van der Waals surface area contributed by atoms with Gasteiger partial charge in [0.05, 0.1) is 0 Å². The van der Waals surface area contributed by atoms with Gasteiger partial charge in [-0.2, -0.15) is 0 Å². The molecule has 1 atom stereocenters. The maximum absolute atomic E-state index is 5.85. The van der Waals surface area contributed by atoms with Crippen LogP contribution in [0.2, 0.25) is 0 Å². The third-order valence-electron chi connectivity index (χ3n) is 3.69. The van der Waals surface area contributed by atoms with Gasteiger partial charge in [0.2, 0.25) is 0 Å². The molecular formula is C17H19NO. The number of ether oxygens (including phenoxy) is 1. The Morgan fingerprint density at radius 2 is 2.05 bits per heavy atom. The van der Waals surface area contributed by atoms with Gasteiger partial charge in [-0.1, -0.05) is 29.8 Å². The van der Waals surface area contributed by atoms with E-state index in [-0.39, 0.29) is 6.10 Å². The second-order valence-corrected chi connectivity index (χ2v) is 5.32. The van der Waals surface area contributed by atoms with Crippen molar-refractivity contribution >= 4 is 0 Å². The Labute approximate surface area is 114 Å². The van der Waals surface area contributed by atoms with E-state index in [0.717, 1.165) is 12.2 Å². The second kappa shape index (κ2) is 4.71. The molecule has 2 nitrogen and oxygen atoms in total. The van der Waals surface area contributed by atoms with Gasteiger partial charge in [-0.05, 0) is 48.2 Å². The second-order valence-electron chi connectivity index (χ2n) is 5.32. The average Bonchev–Trinajstić information content (AvgIpc) is 2.77. The summed E-state index contributed by atoms with van der Waals surface area (Å²) >= 11 is 0. The highest BCUT2D eigenvalue weighted by atomic mass is 16.5. The molecule has 3 rings (SSSR count). The molecule has 1 aliphatic heterocycles. The van der Waals surface area contributed by atoms with Gasteiger partial charge >= 0.3 is 0 Å². The van der Waals surface area contributed by atoms with Gasteiger partial charge in [-0.15, -0.1) is 0 Å². The van der Waals surface area contributed by atoms with Crippen LogP contribution in [0.15, 0.2) is 36.4 Å². The van der Waals surface area contributed by atoms with Gasteiger partial charge in [-0.25, -0.2) is 0 Å². The van der Waals surface area contributed by atoms with Crippen molar-refractivity contribution in [1.82, 2.24) is 0 Å². The highest BCUT2D eigenvalue weighted by Crippen LogP contribution is 2.34. The van der Waals surface area contributed by atoms with Crippen molar-refractivity contribution in [2.24, 2.45) is 5.73 Å². The minimum atomic E-state index is 0.289. The SMILES string of the molecule is Cc1ccc(CN)c(-c2ccc3c(c2)CC(C)O3)c1. The predicted molar refractivity (Wildman–Crippen MR) is 78.3 cm³/mol. The van der Waals surface area contributed by atoms with E-state index in [4.69, 9.17) is 10.5 Å². The van der Waals surface area contributed by atoms with Crippen molar-refractivity contribution < 1.29 is 4.74 Å². The van der Waals surface area contributed by atoms with Crippen LogP contribution in [0.5, 0.6) is 5.75 Å². The molecule has 2 heteroatoms. The number of hydrogen-bond donors (Lipinski definition) is 1. The van der Waals surface area contributed by atoms with E-state index in [0.29, 0.717) is 6.54 Å². The Balaban J connectivity index is 2.08. The van der Waals surface area contributed by atoms with E-state index < -0.39 is 0 Å². The van der Waals surface area contributed by atoms with Gasteiger partial charge in [0.15, 0.2) is 0 Å². The first-order chi connectivity index (χ1) is 9.17. The zero-order valence-electron chi connectivity index (χ0n) is 11.4. The minimum Gasteiger partial charge on any atom is -0.490 e. The fraction of sp³-hybridized carbons (Fsp3) is 0.294. The van der Waals surface area contributed by atoms with Crippen LogP contribution in [-0.4, -0.2) is 6.10 Å². The maximum atomic E-state index is 5.85. The Hall–Kier alpha value is -1.80. The van der Waals surface area contributed by atoms with Crippen LogP contribution < -0.4 is 10.5 Å². The molecule has 0 amide bonds. The Bertz CT molecular complexity index is 619. The smallest absolute Gasteiger partial charge is 0.123 e. The van der Waals surface area contributed by atoms with Crippen molar-refractivity contribution in [2.45, 2.75) is 32.9 Å². The standard InChI is InChI=1S/C17H19NO/c1-11-3-4-14(10-18)16(7-11)13-5-6-17-15(9-13)8-12(2)19-17/h3-7,9,12H,8,10,18H2,1-2H3. The summed E-state index contributed by atoms with van der Waals surface area (Å²) in [6, 6.07) is 12.9. The lowest BCUT2D eigenvalue weighted by molar-refractivity contribution is 0.254. The summed E-state index contributed by atoms with van der Waals surface area (Å²) in [5.74, 6) is 1.03. The highest BCUT2D eigenvalue weighted by molar-refractivity contribution is 5.70. The molecule has 1 unspecified atom stereocenters. The topological polar surface area (TPSA) is 35.2 Å². The van der Waals surface area contributed by atoms with Gasteiger partial charge < -0.3 is 10.5 Å². The Kier molecular flexibility index (Phi) is 3.03. The van der Waals surface area contributed by atoms with Gasteiger partial charge in [0.1, 0.15) is 11.9 Å². The fourth-order valence-corrected chi connectivity index (χ4v) is 2.73. The maximum Gasteiger partial charge on any atom is 0.123 e. The summed E-state index contributed by atoms with van der Waals surface area (Å²) in [5, 5.41) is 0. The van der Waals surface area contributed by atoms with Crippen molar-refractivity contribution in [3.8, 4) is 16.9 Å². The number of rotatable bonds is 2. The molecule has 0 radical (unpaired) electrons. The molecule has 0 aliphatic carbocycles. The zero-order valence-corrected chi connectivity index (χ0v) is 11.4. The first-order valence-electron chi connectivity index (χ1n) is 6.77. The third-order valence-corrected chi connectivity index (χ3v) is 3.69. The summed E-state index contributed by atoms with van der Waals surface area (Å²) in [6.45, 7) is 4.79. The van der Waals surface area contributed by atoms with E-state index in [9.17, 15) is 0 Å². The molecule has 0 saturated heterocycles. The van der Waals surface area contributed by atoms with E-state index in [1.165, 1.54) is 27.8 Å². The first-order valence-corrected chi connectivity index (χ1v) is 6.77. The van der Waals surface area contributed by atoms with E-state index in [1.54, 1.807) is 0 Å². The fourth-order valence-electron chi connectivity index (χ4n) is 2.73. The van der Waals surface area contributed by atoms with E-state index >= 15 is 0 Å². The summed E-state index contributed by atoms with van der Waals surface area (Å²) < 4.78 is 5.75. The van der Waals surface area contributed by atoms with Crippen LogP contribution in [-0.2, 0) is 13.0 Å². The lowest BCUT2D eigenvalue weighted by atomic mass is 9.95. The molecule has 0 aromatic heterocycles. The van der Waals surface area contributed by atoms with Gasteiger partial charge in [-0.3, -0.25) is 0 Å². The molecule has 0 fully saturated rings. The molecule has 2 N–H and O–H groups in total. The summed E-state index contributed by atoms with van der Waals surface area (Å²) in [7, 11) is 0. The van der Waals surface area contributed by atoms with Crippen molar-refractivity contribution in [3.05, 3.63) is 53.1 Å². The molecular weight excluding hydrogens is 234 g/mol. The Morgan fingerprint density at radius 3 is 2.84 bits per heavy atom. The molecule has 1 heterocycles. The zero-order chi connectivity index (χ0) is 13.4. The van der Waals surface area contributed by atoms with E-state index in [2.05, 4.69) is 50.2 Å². The Morgan fingerprint density at radius 1 is 1.21 bits per heavy atom.